The van der Waals surface area contributed by atoms with Gasteiger partial charge in [0.25, 0.3) is 0 Å². The summed E-state index contributed by atoms with van der Waals surface area (Å²) in [5, 5.41) is 0. The molecule has 0 saturated carbocycles. The lowest BCUT2D eigenvalue weighted by atomic mass is 10.0. The number of hydrogen-bond donors (Lipinski definition) is 0. The zero-order chi connectivity index (χ0) is 16.8. The van der Waals surface area contributed by atoms with Crippen molar-refractivity contribution in [2.24, 2.45) is 0 Å². The molecule has 3 nitrogen and oxygen atoms in total. The van der Waals surface area contributed by atoms with E-state index in [4.69, 9.17) is 9.47 Å². The van der Waals surface area contributed by atoms with Crippen molar-refractivity contribution in [3.63, 3.8) is 0 Å². The Morgan fingerprint density at radius 3 is 2.25 bits per heavy atom. The van der Waals surface area contributed by atoms with Crippen LogP contribution in [0.5, 0.6) is 0 Å². The molecule has 0 amide bonds. The molecule has 24 heavy (non-hydrogen) atoms. The zero-order valence-corrected chi connectivity index (χ0v) is 14.7. The van der Waals surface area contributed by atoms with Crippen LogP contribution in [0.1, 0.15) is 31.2 Å². The maximum Gasteiger partial charge on any atom is 0.0984 e. The Morgan fingerprint density at radius 2 is 1.79 bits per heavy atom. The van der Waals surface area contributed by atoms with E-state index in [0.29, 0.717) is 12.2 Å². The fourth-order valence-corrected chi connectivity index (χ4v) is 3.08. The highest BCUT2D eigenvalue weighted by molar-refractivity contribution is 5.53. The van der Waals surface area contributed by atoms with Gasteiger partial charge >= 0.3 is 0 Å². The lowest BCUT2D eigenvalue weighted by Crippen LogP contribution is -2.32. The van der Waals surface area contributed by atoms with Gasteiger partial charge in [-0.05, 0) is 44.2 Å². The molecule has 3 heteroatoms. The molecule has 130 valence electrons. The van der Waals surface area contributed by atoms with Crippen LogP contribution in [0.4, 0.5) is 5.69 Å². The monoisotopic (exact) mass is 327 g/mol. The lowest BCUT2D eigenvalue weighted by molar-refractivity contribution is 0.389. The topological polar surface area (TPSA) is 28.3 Å². The first-order chi connectivity index (χ1) is 11.8. The minimum atomic E-state index is 0.429. The smallest absolute Gasteiger partial charge is 0.0984 e. The molecule has 4 rings (SSSR count). The molecule has 1 aromatic carbocycles. The number of aryl methyl sites for hydroxylation is 1. The number of ether oxygens (including phenoxy) is 2. The highest BCUT2D eigenvalue weighted by Crippen LogP contribution is 2.25. The minimum Gasteiger partial charge on any atom is -0.371 e. The second-order valence-electron chi connectivity index (χ2n) is 6.83. The Kier molecular flexibility index (Phi) is 6.11. The van der Waals surface area contributed by atoms with E-state index in [1.807, 2.05) is 6.08 Å². The molecule has 2 fully saturated rings. The van der Waals surface area contributed by atoms with Crippen molar-refractivity contribution < 1.29 is 9.47 Å². The fourth-order valence-electron chi connectivity index (χ4n) is 3.08. The van der Waals surface area contributed by atoms with Gasteiger partial charge in [0.15, 0.2) is 0 Å². The third-order valence-corrected chi connectivity index (χ3v) is 4.70. The number of allylic oxidation sites excluding steroid dienone is 3. The molecule has 2 heterocycles. The Labute approximate surface area is 146 Å². The summed E-state index contributed by atoms with van der Waals surface area (Å²) >= 11 is 0. The molecule has 1 aliphatic carbocycles. The van der Waals surface area contributed by atoms with E-state index in [1.54, 1.807) is 0 Å². The van der Waals surface area contributed by atoms with E-state index in [-0.39, 0.29) is 0 Å². The van der Waals surface area contributed by atoms with Crippen molar-refractivity contribution in [1.29, 1.82) is 0 Å². The molecule has 2 unspecified atom stereocenters. The Balaban J connectivity index is 0.000000179. The SMILES string of the molecule is C=CC1=CCCCC1.Cc1ccccc1N(CC1CO1)CC1CO1. The van der Waals surface area contributed by atoms with E-state index in [1.165, 1.54) is 42.5 Å². The number of epoxide rings is 2. The summed E-state index contributed by atoms with van der Waals surface area (Å²) in [5.41, 5.74) is 4.08. The van der Waals surface area contributed by atoms with E-state index in [2.05, 4.69) is 48.7 Å². The number of rotatable bonds is 6. The van der Waals surface area contributed by atoms with Gasteiger partial charge in [0.2, 0.25) is 0 Å². The van der Waals surface area contributed by atoms with Gasteiger partial charge in [-0.2, -0.15) is 0 Å². The molecule has 3 aliphatic rings. The van der Waals surface area contributed by atoms with Crippen LogP contribution in [0.3, 0.4) is 0 Å². The summed E-state index contributed by atoms with van der Waals surface area (Å²) in [4.78, 5) is 2.39. The summed E-state index contributed by atoms with van der Waals surface area (Å²) in [7, 11) is 0. The van der Waals surface area contributed by atoms with Crippen molar-refractivity contribution in [3.8, 4) is 0 Å². The molecule has 2 atom stereocenters. The fraction of sp³-hybridized carbons (Fsp3) is 0.524. The predicted octanol–water partition coefficient (Wildman–Crippen LogP) is 4.27. The van der Waals surface area contributed by atoms with Crippen LogP contribution in [0.25, 0.3) is 0 Å². The molecule has 1 aromatic rings. The summed E-state index contributed by atoms with van der Waals surface area (Å²) in [5.74, 6) is 0. The summed E-state index contributed by atoms with van der Waals surface area (Å²) in [6, 6.07) is 8.51. The first-order valence-corrected chi connectivity index (χ1v) is 9.11. The van der Waals surface area contributed by atoms with E-state index < -0.39 is 0 Å². The first kappa shape index (κ1) is 17.2. The summed E-state index contributed by atoms with van der Waals surface area (Å²) in [6.07, 6.45) is 10.4. The molecular formula is C21H29NO2. The maximum atomic E-state index is 5.32. The Bertz CT molecular complexity index is 559. The molecule has 0 radical (unpaired) electrons. The Hall–Kier alpha value is -1.58. The van der Waals surface area contributed by atoms with E-state index in [0.717, 1.165) is 26.3 Å². The third-order valence-electron chi connectivity index (χ3n) is 4.70. The zero-order valence-electron chi connectivity index (χ0n) is 14.7. The number of benzene rings is 1. The predicted molar refractivity (Wildman–Crippen MR) is 99.6 cm³/mol. The lowest BCUT2D eigenvalue weighted by Gasteiger charge is -2.25. The standard InChI is InChI=1S/C13H17NO2.C8H12/c1-10-4-2-3-5-13(10)14(6-11-8-15-11)7-12-9-16-12;1-2-8-6-4-3-5-7-8/h2-5,11-12H,6-9H2,1H3;2,6H,1,3-5,7H2. The summed E-state index contributed by atoms with van der Waals surface area (Å²) in [6.45, 7) is 9.68. The van der Waals surface area contributed by atoms with E-state index in [9.17, 15) is 0 Å². The van der Waals surface area contributed by atoms with Gasteiger partial charge in [-0.15, -0.1) is 0 Å². The molecule has 0 aromatic heterocycles. The summed E-state index contributed by atoms with van der Waals surface area (Å²) < 4.78 is 10.6. The average Bonchev–Trinajstić information content (AvgIpc) is 3.53. The average molecular weight is 327 g/mol. The normalized spacial score (nSPS) is 24.3. The van der Waals surface area contributed by atoms with Gasteiger partial charge in [-0.3, -0.25) is 0 Å². The highest BCUT2D eigenvalue weighted by atomic mass is 16.6. The quantitative estimate of drug-likeness (QED) is 0.730. The molecule has 0 N–H and O–H groups in total. The van der Waals surface area contributed by atoms with Crippen LogP contribution < -0.4 is 4.90 Å². The number of hydrogen-bond acceptors (Lipinski definition) is 3. The van der Waals surface area contributed by atoms with Gasteiger partial charge in [0.1, 0.15) is 0 Å². The van der Waals surface area contributed by atoms with Crippen LogP contribution in [-0.2, 0) is 9.47 Å². The van der Waals surface area contributed by atoms with Crippen LogP contribution in [0, 0.1) is 6.92 Å². The second kappa shape index (κ2) is 8.50. The number of nitrogens with zero attached hydrogens (tertiary/aromatic N) is 1. The van der Waals surface area contributed by atoms with Gasteiger partial charge in [-0.25, -0.2) is 0 Å². The van der Waals surface area contributed by atoms with Gasteiger partial charge in [0.05, 0.1) is 25.4 Å². The van der Waals surface area contributed by atoms with Crippen molar-refractivity contribution in [3.05, 3.63) is 54.1 Å². The number of para-hydroxylation sites is 1. The molecule has 0 spiro atoms. The van der Waals surface area contributed by atoms with Crippen LogP contribution in [0.15, 0.2) is 48.6 Å². The second-order valence-corrected chi connectivity index (χ2v) is 6.83. The first-order valence-electron chi connectivity index (χ1n) is 9.11. The van der Waals surface area contributed by atoms with Crippen LogP contribution >= 0.6 is 0 Å². The van der Waals surface area contributed by atoms with Crippen LogP contribution in [0.2, 0.25) is 0 Å². The van der Waals surface area contributed by atoms with Crippen molar-refractivity contribution in [1.82, 2.24) is 0 Å². The molecular weight excluding hydrogens is 298 g/mol. The van der Waals surface area contributed by atoms with Crippen LogP contribution in [-0.4, -0.2) is 38.5 Å². The maximum absolute atomic E-state index is 5.32. The molecule has 0 bridgehead atoms. The highest BCUT2D eigenvalue weighted by Gasteiger charge is 2.31. The van der Waals surface area contributed by atoms with Crippen molar-refractivity contribution in [2.75, 3.05) is 31.2 Å². The minimum absolute atomic E-state index is 0.429. The van der Waals surface area contributed by atoms with Crippen molar-refractivity contribution in [2.45, 2.75) is 44.8 Å². The van der Waals surface area contributed by atoms with E-state index >= 15 is 0 Å². The van der Waals surface area contributed by atoms with Gasteiger partial charge in [0, 0.05) is 18.8 Å². The molecule has 2 saturated heterocycles. The number of anilines is 1. The third kappa shape index (κ3) is 5.50. The largest absolute Gasteiger partial charge is 0.371 e. The van der Waals surface area contributed by atoms with Gasteiger partial charge in [-0.1, -0.05) is 42.5 Å². The van der Waals surface area contributed by atoms with Crippen molar-refractivity contribution >= 4 is 5.69 Å². The molecule has 2 aliphatic heterocycles. The Morgan fingerprint density at radius 1 is 1.12 bits per heavy atom. The van der Waals surface area contributed by atoms with Gasteiger partial charge < -0.3 is 14.4 Å².